The lowest BCUT2D eigenvalue weighted by molar-refractivity contribution is -0.915. The van der Waals surface area contributed by atoms with Crippen LogP contribution in [0.3, 0.4) is 0 Å². The van der Waals surface area contributed by atoms with Gasteiger partial charge in [0.25, 0.3) is 10.1 Å². The monoisotopic (exact) mass is 378 g/mol. The molecule has 0 aliphatic carbocycles. The third-order valence-electron chi connectivity index (χ3n) is 5.49. The maximum Gasteiger partial charge on any atom is 0.264 e. The van der Waals surface area contributed by atoms with E-state index >= 15 is 0 Å². The summed E-state index contributed by atoms with van der Waals surface area (Å²) in [5.74, 6) is -0.109. The van der Waals surface area contributed by atoms with Crippen molar-refractivity contribution >= 4 is 10.1 Å². The summed E-state index contributed by atoms with van der Waals surface area (Å²) in [6.07, 6.45) is 16.0. The van der Waals surface area contributed by atoms with Crippen molar-refractivity contribution in [3.05, 3.63) is 0 Å². The van der Waals surface area contributed by atoms with E-state index in [-0.39, 0.29) is 5.75 Å². The zero-order chi connectivity index (χ0) is 19.2. The molecule has 0 amide bonds. The topological polar surface area (TPSA) is 54.4 Å². The van der Waals surface area contributed by atoms with Gasteiger partial charge in [-0.15, -0.1) is 0 Å². The minimum absolute atomic E-state index is 0.109. The van der Waals surface area contributed by atoms with Crippen LogP contribution in [-0.2, 0) is 10.1 Å². The zero-order valence-electron chi connectivity index (χ0n) is 17.3. The Morgan fingerprint density at radius 1 is 0.800 bits per heavy atom. The molecule has 0 heterocycles. The van der Waals surface area contributed by atoms with E-state index in [1.807, 2.05) is 0 Å². The van der Waals surface area contributed by atoms with Gasteiger partial charge in [-0.2, -0.15) is 8.42 Å². The van der Waals surface area contributed by atoms with Gasteiger partial charge in [-0.25, -0.2) is 0 Å². The molecule has 1 N–H and O–H groups in total. The molecular formula is C20H44NO3S+. The van der Waals surface area contributed by atoms with E-state index in [1.165, 1.54) is 64.2 Å². The SMILES string of the molecule is CCCCCCCCCCCC[N+](C)(C)C(CC)CCCS(=O)(=O)O. The molecule has 4 nitrogen and oxygen atoms in total. The van der Waals surface area contributed by atoms with Crippen molar-refractivity contribution in [1.29, 1.82) is 0 Å². The molecule has 1 unspecified atom stereocenters. The molecule has 0 aromatic rings. The number of unbranched alkanes of at least 4 members (excludes halogenated alkanes) is 9. The van der Waals surface area contributed by atoms with Crippen molar-refractivity contribution in [1.82, 2.24) is 0 Å². The van der Waals surface area contributed by atoms with Crippen LogP contribution < -0.4 is 0 Å². The van der Waals surface area contributed by atoms with Crippen molar-refractivity contribution < 1.29 is 17.5 Å². The van der Waals surface area contributed by atoms with Crippen LogP contribution >= 0.6 is 0 Å². The highest BCUT2D eigenvalue weighted by molar-refractivity contribution is 7.85. The summed E-state index contributed by atoms with van der Waals surface area (Å²) in [6.45, 7) is 5.59. The molecular weight excluding hydrogens is 334 g/mol. The Kier molecular flexibility index (Phi) is 13.9. The highest BCUT2D eigenvalue weighted by Gasteiger charge is 2.26. The predicted octanol–water partition coefficient (Wildman–Crippen LogP) is 5.43. The van der Waals surface area contributed by atoms with Crippen molar-refractivity contribution in [2.75, 3.05) is 26.4 Å². The molecule has 0 aliphatic rings. The van der Waals surface area contributed by atoms with E-state index < -0.39 is 10.1 Å². The molecule has 152 valence electrons. The van der Waals surface area contributed by atoms with Crippen LogP contribution in [0.2, 0.25) is 0 Å². The van der Waals surface area contributed by atoms with Crippen molar-refractivity contribution in [3.63, 3.8) is 0 Å². The van der Waals surface area contributed by atoms with E-state index in [0.29, 0.717) is 12.5 Å². The summed E-state index contributed by atoms with van der Waals surface area (Å²) in [6, 6.07) is 0.473. The van der Waals surface area contributed by atoms with Gasteiger partial charge in [0.15, 0.2) is 0 Å². The number of hydrogen-bond acceptors (Lipinski definition) is 2. The second-order valence-corrected chi connectivity index (χ2v) is 9.75. The molecule has 0 saturated carbocycles. The normalized spacial score (nSPS) is 14.0. The largest absolute Gasteiger partial charge is 0.326 e. The van der Waals surface area contributed by atoms with E-state index in [1.54, 1.807) is 0 Å². The Bertz CT molecular complexity index is 407. The summed E-state index contributed by atoms with van der Waals surface area (Å²) in [5, 5.41) is 0. The van der Waals surface area contributed by atoms with Crippen LogP contribution in [-0.4, -0.2) is 49.9 Å². The number of quaternary nitrogens is 1. The van der Waals surface area contributed by atoms with Gasteiger partial charge in [0.1, 0.15) is 0 Å². The average Bonchev–Trinajstić information content (AvgIpc) is 2.52. The third kappa shape index (κ3) is 14.7. The second-order valence-electron chi connectivity index (χ2n) is 8.17. The van der Waals surface area contributed by atoms with E-state index in [2.05, 4.69) is 27.9 Å². The molecule has 0 saturated heterocycles. The fraction of sp³-hybridized carbons (Fsp3) is 1.00. The van der Waals surface area contributed by atoms with Crippen LogP contribution in [0.15, 0.2) is 0 Å². The zero-order valence-corrected chi connectivity index (χ0v) is 18.1. The van der Waals surface area contributed by atoms with Crippen LogP contribution in [0.1, 0.15) is 97.3 Å². The first-order valence-electron chi connectivity index (χ1n) is 10.5. The van der Waals surface area contributed by atoms with E-state index in [4.69, 9.17) is 4.55 Å². The Hall–Kier alpha value is -0.130. The van der Waals surface area contributed by atoms with Gasteiger partial charge in [0.05, 0.1) is 32.4 Å². The van der Waals surface area contributed by atoms with Crippen LogP contribution in [0.25, 0.3) is 0 Å². The minimum Gasteiger partial charge on any atom is -0.326 e. The molecule has 0 aliphatic heterocycles. The van der Waals surface area contributed by atoms with Gasteiger partial charge < -0.3 is 4.48 Å². The standard InChI is InChI=1S/C20H43NO3S/c1-5-7-8-9-10-11-12-13-14-15-18-21(3,4)20(6-2)17-16-19-25(22,23)24/h20H,5-19H2,1-4H3/p+1. The predicted molar refractivity (Wildman–Crippen MR) is 109 cm³/mol. The molecule has 1 atom stereocenters. The average molecular weight is 379 g/mol. The number of rotatable bonds is 17. The Labute approximate surface area is 157 Å². The highest BCUT2D eigenvalue weighted by Crippen LogP contribution is 2.19. The van der Waals surface area contributed by atoms with Gasteiger partial charge in [-0.3, -0.25) is 4.55 Å². The van der Waals surface area contributed by atoms with Crippen molar-refractivity contribution in [3.8, 4) is 0 Å². The second kappa shape index (κ2) is 14.0. The lowest BCUT2D eigenvalue weighted by Gasteiger charge is -2.38. The lowest BCUT2D eigenvalue weighted by atomic mass is 10.0. The number of nitrogens with zero attached hydrogens (tertiary/aromatic N) is 1. The summed E-state index contributed by atoms with van der Waals surface area (Å²) in [5.41, 5.74) is 0. The van der Waals surface area contributed by atoms with Gasteiger partial charge in [-0.05, 0) is 25.7 Å². The van der Waals surface area contributed by atoms with Gasteiger partial charge >= 0.3 is 0 Å². The number of hydrogen-bond donors (Lipinski definition) is 1. The maximum atomic E-state index is 10.9. The molecule has 5 heteroatoms. The van der Waals surface area contributed by atoms with Gasteiger partial charge in [0, 0.05) is 6.42 Å². The van der Waals surface area contributed by atoms with Crippen LogP contribution in [0.5, 0.6) is 0 Å². The molecule has 0 radical (unpaired) electrons. The fourth-order valence-corrected chi connectivity index (χ4v) is 4.27. The Balaban J connectivity index is 3.82. The summed E-state index contributed by atoms with van der Waals surface area (Å²) in [7, 11) is 0.701. The Morgan fingerprint density at radius 2 is 1.28 bits per heavy atom. The molecule has 25 heavy (non-hydrogen) atoms. The quantitative estimate of drug-likeness (QED) is 0.208. The molecule has 0 spiro atoms. The summed E-state index contributed by atoms with van der Waals surface area (Å²) >= 11 is 0. The molecule has 0 aromatic heterocycles. The van der Waals surface area contributed by atoms with Crippen LogP contribution in [0, 0.1) is 0 Å². The first kappa shape index (κ1) is 24.9. The molecule has 0 fully saturated rings. The van der Waals surface area contributed by atoms with Crippen LogP contribution in [0.4, 0.5) is 0 Å². The Morgan fingerprint density at radius 3 is 1.72 bits per heavy atom. The van der Waals surface area contributed by atoms with Crippen molar-refractivity contribution in [2.45, 2.75) is 103 Å². The van der Waals surface area contributed by atoms with E-state index in [9.17, 15) is 8.42 Å². The first-order valence-corrected chi connectivity index (χ1v) is 12.1. The highest BCUT2D eigenvalue weighted by atomic mass is 32.2. The van der Waals surface area contributed by atoms with Gasteiger partial charge in [0.2, 0.25) is 0 Å². The van der Waals surface area contributed by atoms with E-state index in [0.717, 1.165) is 23.9 Å². The smallest absolute Gasteiger partial charge is 0.264 e. The summed E-state index contributed by atoms with van der Waals surface area (Å²) in [4.78, 5) is 0. The molecule has 0 rings (SSSR count). The lowest BCUT2D eigenvalue weighted by Crippen LogP contribution is -2.49. The fourth-order valence-electron chi connectivity index (χ4n) is 3.74. The molecule has 0 bridgehead atoms. The maximum absolute atomic E-state index is 10.9. The molecule has 0 aromatic carbocycles. The first-order chi connectivity index (χ1) is 11.7. The third-order valence-corrected chi connectivity index (χ3v) is 6.29. The minimum atomic E-state index is -3.82. The summed E-state index contributed by atoms with van der Waals surface area (Å²) < 4.78 is 31.6. The van der Waals surface area contributed by atoms with Gasteiger partial charge in [-0.1, -0.05) is 65.2 Å². The van der Waals surface area contributed by atoms with Crippen molar-refractivity contribution in [2.24, 2.45) is 0 Å².